The summed E-state index contributed by atoms with van der Waals surface area (Å²) in [4.78, 5) is 41.7. The first-order valence-corrected chi connectivity index (χ1v) is 15.5. The maximum atomic E-state index is 16.3. The number of nitriles is 1. The number of hydrogen-bond acceptors (Lipinski definition) is 7. The van der Waals surface area contributed by atoms with Crippen LogP contribution in [-0.4, -0.2) is 69.7 Å². The van der Waals surface area contributed by atoms with Gasteiger partial charge in [-0.1, -0.05) is 49.1 Å². The molecule has 1 amide bonds. The maximum Gasteiger partial charge on any atom is 0.242 e. The Morgan fingerprint density at radius 2 is 1.77 bits per heavy atom. The second-order valence-corrected chi connectivity index (χ2v) is 11.4. The molecule has 4 rings (SSSR count). The van der Waals surface area contributed by atoms with E-state index in [1.807, 2.05) is 35.2 Å². The van der Waals surface area contributed by atoms with Gasteiger partial charge in [-0.3, -0.25) is 14.5 Å². The van der Waals surface area contributed by atoms with Crippen molar-refractivity contribution in [2.45, 2.75) is 31.8 Å². The number of nitrogens with one attached hydrogen (secondary N) is 1. The summed E-state index contributed by atoms with van der Waals surface area (Å²) in [5.74, 6) is -1.28. The molecule has 244 valence electrons. The maximum absolute atomic E-state index is 16.3. The Bertz CT molecular complexity index is 1670. The Kier molecular flexibility index (Phi) is 12.1. The number of allylic oxidation sites excluding steroid dienone is 3. The Hall–Kier alpha value is -5.14. The zero-order valence-corrected chi connectivity index (χ0v) is 26.7. The Morgan fingerprint density at radius 1 is 1.06 bits per heavy atom. The molecule has 0 bridgehead atoms. The number of hydrogen-bond donors (Lipinski definition) is 1. The highest BCUT2D eigenvalue weighted by Gasteiger charge is 2.27. The molecule has 0 radical (unpaired) electrons. The number of carbonyl (C=O) groups excluding carboxylic acids is 3. The van der Waals surface area contributed by atoms with Crippen molar-refractivity contribution < 1.29 is 23.2 Å². The van der Waals surface area contributed by atoms with E-state index in [4.69, 9.17) is 5.26 Å². The molecule has 1 aliphatic rings. The van der Waals surface area contributed by atoms with Crippen LogP contribution < -0.4 is 15.1 Å². The molecular weight excluding hydrogens is 600 g/mol. The summed E-state index contributed by atoms with van der Waals surface area (Å²) >= 11 is 0. The molecule has 0 aliphatic carbocycles. The van der Waals surface area contributed by atoms with Crippen LogP contribution in [0.4, 0.5) is 20.2 Å². The zero-order chi connectivity index (χ0) is 33.9. The molecule has 0 saturated carbocycles. The third-order valence-electron chi connectivity index (χ3n) is 8.48. The predicted octanol–water partition coefficient (Wildman–Crippen LogP) is 5.05. The topological polar surface area (TPSA) is 96.8 Å². The van der Waals surface area contributed by atoms with E-state index in [2.05, 4.69) is 16.8 Å². The van der Waals surface area contributed by atoms with E-state index in [9.17, 15) is 18.8 Å². The van der Waals surface area contributed by atoms with Gasteiger partial charge in [0, 0.05) is 76.5 Å². The van der Waals surface area contributed by atoms with Crippen molar-refractivity contribution in [3.05, 3.63) is 113 Å². The zero-order valence-electron chi connectivity index (χ0n) is 26.7. The van der Waals surface area contributed by atoms with Crippen molar-refractivity contribution in [1.82, 2.24) is 10.2 Å². The first-order valence-electron chi connectivity index (χ1n) is 15.5. The number of rotatable bonds is 14. The van der Waals surface area contributed by atoms with Crippen molar-refractivity contribution in [2.24, 2.45) is 0 Å². The summed E-state index contributed by atoms with van der Waals surface area (Å²) in [6, 6.07) is 17.1. The van der Waals surface area contributed by atoms with Crippen LogP contribution in [-0.2, 0) is 27.3 Å². The highest BCUT2D eigenvalue weighted by molar-refractivity contribution is 6.10. The minimum Gasteiger partial charge on any atom is -0.367 e. The SMILES string of the molecule is C=C/C=C(/C=O)c1c(N(C)C(CCC=O)C(=O)NC)ccc(Cc2ccc(CN3CCN(c4ccc(C#N)cc4F)CC3)cc2)c1F. The van der Waals surface area contributed by atoms with Crippen LogP contribution in [0.25, 0.3) is 5.57 Å². The van der Waals surface area contributed by atoms with Gasteiger partial charge in [-0.25, -0.2) is 8.78 Å². The average Bonchev–Trinajstić information content (AvgIpc) is 3.09. The molecule has 0 aromatic heterocycles. The van der Waals surface area contributed by atoms with Crippen molar-refractivity contribution in [2.75, 3.05) is 50.1 Å². The van der Waals surface area contributed by atoms with Crippen LogP contribution in [0.5, 0.6) is 0 Å². The fraction of sp³-hybridized carbons (Fsp3) is 0.297. The quantitative estimate of drug-likeness (QED) is 0.150. The standard InChI is InChI=1S/C37H39F2N5O3/c1-4-6-30(25-46)35-33(42(3)34(7-5-20-45)37(47)41-2)15-13-29(36(35)39)21-26-8-10-27(11-9-26)24-43-16-18-44(19-17-43)32-14-12-28(23-40)22-31(32)38/h4,6,8-15,20,22,25,34H,1,5,7,16-19,21,24H2,2-3H3,(H,41,47)/b30-6-. The summed E-state index contributed by atoms with van der Waals surface area (Å²) in [6.07, 6.45) is 4.79. The summed E-state index contributed by atoms with van der Waals surface area (Å²) in [5.41, 5.74) is 3.68. The lowest BCUT2D eigenvalue weighted by Crippen LogP contribution is -2.46. The van der Waals surface area contributed by atoms with Crippen LogP contribution in [0, 0.1) is 23.0 Å². The summed E-state index contributed by atoms with van der Waals surface area (Å²) in [5, 5.41) is 11.6. The van der Waals surface area contributed by atoms with Gasteiger partial charge < -0.3 is 19.9 Å². The molecule has 1 fully saturated rings. The van der Waals surface area contributed by atoms with Crippen molar-refractivity contribution in [3.63, 3.8) is 0 Å². The average molecular weight is 640 g/mol. The van der Waals surface area contributed by atoms with Gasteiger partial charge in [0.1, 0.15) is 24.0 Å². The monoisotopic (exact) mass is 639 g/mol. The largest absolute Gasteiger partial charge is 0.367 e. The van der Waals surface area contributed by atoms with Crippen LogP contribution in [0.2, 0.25) is 0 Å². The van der Waals surface area contributed by atoms with Gasteiger partial charge in [-0.05, 0) is 47.4 Å². The van der Waals surface area contributed by atoms with Crippen LogP contribution in [0.3, 0.4) is 0 Å². The number of aldehydes is 2. The fourth-order valence-corrected chi connectivity index (χ4v) is 5.90. The van der Waals surface area contributed by atoms with E-state index in [0.29, 0.717) is 41.9 Å². The van der Waals surface area contributed by atoms with Crippen molar-refractivity contribution >= 4 is 35.4 Å². The van der Waals surface area contributed by atoms with E-state index in [0.717, 1.165) is 37.0 Å². The third kappa shape index (κ3) is 8.37. The van der Waals surface area contributed by atoms with Gasteiger partial charge in [0.15, 0.2) is 6.29 Å². The molecule has 0 spiro atoms. The lowest BCUT2D eigenvalue weighted by molar-refractivity contribution is -0.122. The van der Waals surface area contributed by atoms with E-state index in [1.54, 1.807) is 36.2 Å². The van der Waals surface area contributed by atoms with Crippen molar-refractivity contribution in [1.29, 1.82) is 5.26 Å². The second kappa shape index (κ2) is 16.4. The Morgan fingerprint density at radius 3 is 2.36 bits per heavy atom. The number of piperazine rings is 1. The molecule has 10 heteroatoms. The van der Waals surface area contributed by atoms with Crippen molar-refractivity contribution in [3.8, 4) is 6.07 Å². The predicted molar refractivity (Wildman–Crippen MR) is 180 cm³/mol. The molecular formula is C37H39F2N5O3. The third-order valence-corrected chi connectivity index (χ3v) is 8.48. The van der Waals surface area contributed by atoms with E-state index < -0.39 is 11.9 Å². The van der Waals surface area contributed by atoms with Gasteiger partial charge in [0.05, 0.1) is 17.3 Å². The summed E-state index contributed by atoms with van der Waals surface area (Å²) in [7, 11) is 3.14. The minimum absolute atomic E-state index is 0.0663. The molecule has 1 saturated heterocycles. The van der Waals surface area contributed by atoms with Gasteiger partial charge >= 0.3 is 0 Å². The first kappa shape index (κ1) is 34.7. The number of likely N-dealkylation sites (N-methyl/N-ethyl adjacent to an activating group) is 2. The molecule has 8 nitrogen and oxygen atoms in total. The highest BCUT2D eigenvalue weighted by atomic mass is 19.1. The Labute approximate surface area is 274 Å². The van der Waals surface area contributed by atoms with E-state index >= 15 is 4.39 Å². The Balaban J connectivity index is 1.49. The molecule has 1 unspecified atom stereocenters. The minimum atomic E-state index is -0.751. The van der Waals surface area contributed by atoms with Crippen LogP contribution in [0.15, 0.2) is 73.3 Å². The molecule has 47 heavy (non-hydrogen) atoms. The molecule has 1 heterocycles. The summed E-state index contributed by atoms with van der Waals surface area (Å²) < 4.78 is 30.8. The van der Waals surface area contributed by atoms with Crippen LogP contribution >= 0.6 is 0 Å². The molecule has 1 N–H and O–H groups in total. The number of benzene rings is 3. The number of anilines is 2. The van der Waals surface area contributed by atoms with Gasteiger partial charge in [0.2, 0.25) is 5.91 Å². The molecule has 1 aliphatic heterocycles. The normalized spacial score (nSPS) is 14.2. The smallest absolute Gasteiger partial charge is 0.242 e. The number of amides is 1. The van der Waals surface area contributed by atoms with E-state index in [1.165, 1.54) is 25.3 Å². The molecule has 1 atom stereocenters. The highest BCUT2D eigenvalue weighted by Crippen LogP contribution is 2.33. The number of halogens is 2. The lowest BCUT2D eigenvalue weighted by Gasteiger charge is -2.36. The lowest BCUT2D eigenvalue weighted by atomic mass is 9.95. The van der Waals surface area contributed by atoms with Crippen LogP contribution in [0.1, 0.15) is 40.7 Å². The summed E-state index contributed by atoms with van der Waals surface area (Å²) in [6.45, 7) is 7.21. The molecule has 3 aromatic rings. The fourth-order valence-electron chi connectivity index (χ4n) is 5.90. The number of carbonyl (C=O) groups is 3. The molecule has 3 aromatic carbocycles. The van der Waals surface area contributed by atoms with E-state index in [-0.39, 0.29) is 42.1 Å². The first-order chi connectivity index (χ1) is 22.7. The van der Waals surface area contributed by atoms with Gasteiger partial charge in [0.25, 0.3) is 0 Å². The second-order valence-electron chi connectivity index (χ2n) is 11.4. The van der Waals surface area contributed by atoms with Gasteiger partial charge in [-0.15, -0.1) is 0 Å². The number of nitrogens with zero attached hydrogens (tertiary/aromatic N) is 4. The van der Waals surface area contributed by atoms with Gasteiger partial charge in [-0.2, -0.15) is 5.26 Å².